The third-order valence-corrected chi connectivity index (χ3v) is 10.8. The van der Waals surface area contributed by atoms with E-state index in [-0.39, 0.29) is 0 Å². The van der Waals surface area contributed by atoms with Crippen molar-refractivity contribution >= 4 is 81.3 Å². The second-order valence-electron chi connectivity index (χ2n) is 12.5. The van der Waals surface area contributed by atoms with Gasteiger partial charge in [-0.25, -0.2) is 0 Å². The van der Waals surface area contributed by atoms with E-state index in [1.807, 2.05) is 11.3 Å². The largest absolute Gasteiger partial charge is 0.455 e. The van der Waals surface area contributed by atoms with Crippen LogP contribution in [0.5, 0.6) is 0 Å². The molecule has 0 saturated carbocycles. The summed E-state index contributed by atoms with van der Waals surface area (Å²) in [5.74, 6) is 0. The Morgan fingerprint density at radius 1 is 0.408 bits per heavy atom. The van der Waals surface area contributed by atoms with Gasteiger partial charge >= 0.3 is 0 Å². The lowest BCUT2D eigenvalue weighted by Crippen LogP contribution is -2.09. The molecule has 0 saturated heterocycles. The summed E-state index contributed by atoms with van der Waals surface area (Å²) in [5, 5.41) is 7.24. The molecule has 0 amide bonds. The van der Waals surface area contributed by atoms with Gasteiger partial charge in [-0.3, -0.25) is 0 Å². The maximum Gasteiger partial charge on any atom is 0.143 e. The molecule has 0 fully saturated rings. The Morgan fingerprint density at radius 3 is 1.84 bits per heavy atom. The predicted molar refractivity (Wildman–Crippen MR) is 210 cm³/mol. The number of thiophene rings is 1. The molecule has 0 N–H and O–H groups in total. The van der Waals surface area contributed by atoms with Crippen LogP contribution < -0.4 is 4.90 Å². The van der Waals surface area contributed by atoms with E-state index in [1.54, 1.807) is 0 Å². The summed E-state index contributed by atoms with van der Waals surface area (Å²) >= 11 is 1.84. The van der Waals surface area contributed by atoms with E-state index in [4.69, 9.17) is 4.42 Å². The fourth-order valence-corrected chi connectivity index (χ4v) is 8.41. The molecule has 0 spiro atoms. The maximum atomic E-state index is 6.88. The van der Waals surface area contributed by atoms with E-state index in [0.29, 0.717) is 0 Å². The molecule has 0 unspecified atom stereocenters. The van der Waals surface area contributed by atoms with Crippen LogP contribution >= 0.6 is 11.3 Å². The summed E-state index contributed by atoms with van der Waals surface area (Å²) in [7, 11) is 0. The van der Waals surface area contributed by atoms with Crippen molar-refractivity contribution in [3.8, 4) is 22.3 Å². The van der Waals surface area contributed by atoms with Crippen molar-refractivity contribution in [2.75, 3.05) is 4.90 Å². The number of benzene rings is 8. The van der Waals surface area contributed by atoms with Crippen LogP contribution in [0.3, 0.4) is 0 Å². The van der Waals surface area contributed by atoms with Crippen LogP contribution in [-0.2, 0) is 0 Å². The number of hydrogen-bond acceptors (Lipinski definition) is 3. The Morgan fingerprint density at radius 2 is 1.02 bits per heavy atom. The fourth-order valence-electron chi connectivity index (χ4n) is 7.32. The standard InChI is InChI=1S/C46H29NOS/c1-3-11-30(12-4-1)31-19-21-34(22-20-31)47(35-24-26-44-41(28-35)38-17-9-10-18-43(38)49-44)36-23-25-39-42(29-36)48-46-40(32-13-5-2-6-14-32)27-33-15-7-8-16-37(33)45(39)46/h1-29H. The van der Waals surface area contributed by atoms with Gasteiger partial charge in [-0.1, -0.05) is 115 Å². The van der Waals surface area contributed by atoms with Crippen molar-refractivity contribution in [2.45, 2.75) is 0 Å². The molecule has 49 heavy (non-hydrogen) atoms. The lowest BCUT2D eigenvalue weighted by Gasteiger charge is -2.26. The number of rotatable bonds is 5. The monoisotopic (exact) mass is 643 g/mol. The molecule has 0 atom stereocenters. The number of anilines is 3. The van der Waals surface area contributed by atoms with E-state index < -0.39 is 0 Å². The molecule has 230 valence electrons. The molecule has 2 aromatic heterocycles. The Kier molecular flexibility index (Phi) is 6.39. The maximum absolute atomic E-state index is 6.88. The highest BCUT2D eigenvalue weighted by atomic mass is 32.1. The van der Waals surface area contributed by atoms with Gasteiger partial charge in [-0.2, -0.15) is 0 Å². The SMILES string of the molecule is c1ccc(-c2ccc(N(c3ccc4c(c3)oc3c(-c5ccccc5)cc5ccccc5c34)c3ccc4sc5ccccc5c4c3)cc2)cc1. The molecule has 0 aliphatic rings. The minimum atomic E-state index is 0.869. The molecule has 2 heterocycles. The van der Waals surface area contributed by atoms with Crippen LogP contribution in [0.15, 0.2) is 180 Å². The molecule has 0 aliphatic heterocycles. The van der Waals surface area contributed by atoms with Gasteiger partial charge in [-0.05, 0) is 82.1 Å². The third kappa shape index (κ3) is 4.62. The van der Waals surface area contributed by atoms with Gasteiger partial charge in [0.1, 0.15) is 11.2 Å². The van der Waals surface area contributed by atoms with E-state index in [9.17, 15) is 0 Å². The van der Waals surface area contributed by atoms with Crippen LogP contribution in [0.2, 0.25) is 0 Å². The van der Waals surface area contributed by atoms with Crippen LogP contribution in [0.1, 0.15) is 0 Å². The smallest absolute Gasteiger partial charge is 0.143 e. The molecule has 0 radical (unpaired) electrons. The first-order valence-electron chi connectivity index (χ1n) is 16.6. The molecule has 10 rings (SSSR count). The van der Waals surface area contributed by atoms with Gasteiger partial charge in [-0.15, -0.1) is 11.3 Å². The van der Waals surface area contributed by atoms with Crippen LogP contribution in [0.4, 0.5) is 17.1 Å². The van der Waals surface area contributed by atoms with Crippen molar-refractivity contribution in [1.82, 2.24) is 0 Å². The summed E-state index contributed by atoms with van der Waals surface area (Å²) in [5.41, 5.74) is 9.68. The quantitative estimate of drug-likeness (QED) is 0.186. The lowest BCUT2D eigenvalue weighted by atomic mass is 9.96. The average Bonchev–Trinajstić information content (AvgIpc) is 3.74. The van der Waals surface area contributed by atoms with Gasteiger partial charge in [0.25, 0.3) is 0 Å². The minimum Gasteiger partial charge on any atom is -0.455 e. The first-order valence-corrected chi connectivity index (χ1v) is 17.4. The molecule has 3 heteroatoms. The predicted octanol–water partition coefficient (Wildman–Crippen LogP) is 13.9. The number of nitrogens with zero attached hydrogens (tertiary/aromatic N) is 1. The molecule has 2 nitrogen and oxygen atoms in total. The Balaban J connectivity index is 1.19. The zero-order chi connectivity index (χ0) is 32.3. The van der Waals surface area contributed by atoms with Gasteiger partial charge < -0.3 is 9.32 Å². The zero-order valence-corrected chi connectivity index (χ0v) is 27.3. The van der Waals surface area contributed by atoms with Crippen molar-refractivity contribution in [3.63, 3.8) is 0 Å². The first-order chi connectivity index (χ1) is 24.3. The number of hydrogen-bond donors (Lipinski definition) is 0. The molecule has 8 aromatic carbocycles. The van der Waals surface area contributed by atoms with Crippen LogP contribution in [-0.4, -0.2) is 0 Å². The van der Waals surface area contributed by atoms with Gasteiger partial charge in [0, 0.05) is 59.6 Å². The summed E-state index contributed by atoms with van der Waals surface area (Å²) < 4.78 is 9.47. The third-order valence-electron chi connectivity index (χ3n) is 9.64. The molecular formula is C46H29NOS. The topological polar surface area (TPSA) is 16.4 Å². The summed E-state index contributed by atoms with van der Waals surface area (Å²) in [6.07, 6.45) is 0. The second-order valence-corrected chi connectivity index (χ2v) is 13.6. The van der Waals surface area contributed by atoms with Crippen molar-refractivity contribution in [2.24, 2.45) is 0 Å². The van der Waals surface area contributed by atoms with Crippen molar-refractivity contribution in [3.05, 3.63) is 176 Å². The highest BCUT2D eigenvalue weighted by Crippen LogP contribution is 2.45. The second kappa shape index (κ2) is 11.2. The fraction of sp³-hybridized carbons (Fsp3) is 0. The van der Waals surface area contributed by atoms with Crippen LogP contribution in [0.25, 0.3) is 75.1 Å². The van der Waals surface area contributed by atoms with Crippen LogP contribution in [0, 0.1) is 0 Å². The van der Waals surface area contributed by atoms with E-state index in [2.05, 4.69) is 181 Å². The Labute approximate surface area is 287 Å². The lowest BCUT2D eigenvalue weighted by molar-refractivity contribution is 0.670. The zero-order valence-electron chi connectivity index (χ0n) is 26.5. The van der Waals surface area contributed by atoms with Gasteiger partial charge in [0.2, 0.25) is 0 Å². The Bertz CT molecular complexity index is 2810. The van der Waals surface area contributed by atoms with Gasteiger partial charge in [0.05, 0.1) is 0 Å². The summed E-state index contributed by atoms with van der Waals surface area (Å²) in [6, 6.07) is 63.1. The van der Waals surface area contributed by atoms with Crippen molar-refractivity contribution in [1.29, 1.82) is 0 Å². The number of furan rings is 1. The van der Waals surface area contributed by atoms with Crippen molar-refractivity contribution < 1.29 is 4.42 Å². The highest BCUT2D eigenvalue weighted by molar-refractivity contribution is 7.25. The molecular weight excluding hydrogens is 615 g/mol. The van der Waals surface area contributed by atoms with Gasteiger partial charge in [0.15, 0.2) is 0 Å². The summed E-state index contributed by atoms with van der Waals surface area (Å²) in [4.78, 5) is 2.35. The van der Waals surface area contributed by atoms with E-state index in [1.165, 1.54) is 42.1 Å². The molecule has 0 aliphatic carbocycles. The van der Waals surface area contributed by atoms with E-state index >= 15 is 0 Å². The average molecular weight is 644 g/mol. The Hall–Kier alpha value is -6.16. The van der Waals surface area contributed by atoms with E-state index in [0.717, 1.165) is 50.1 Å². The normalized spacial score (nSPS) is 11.7. The minimum absolute atomic E-state index is 0.869. The molecule has 10 aromatic rings. The first kappa shape index (κ1) is 27.9. The number of fused-ring (bicyclic) bond motifs is 8. The summed E-state index contributed by atoms with van der Waals surface area (Å²) in [6.45, 7) is 0. The highest BCUT2D eigenvalue weighted by Gasteiger charge is 2.20. The molecule has 0 bridgehead atoms.